The van der Waals surface area contributed by atoms with Crippen molar-refractivity contribution < 1.29 is 4.79 Å². The van der Waals surface area contributed by atoms with Gasteiger partial charge in [0.2, 0.25) is 5.91 Å². The number of carbonyl (C=O) groups excluding carboxylic acids is 1. The fraction of sp³-hybridized carbons (Fsp3) is 0.409. The average Bonchev–Trinajstić information content (AvgIpc) is 3.14. The van der Waals surface area contributed by atoms with E-state index in [0.29, 0.717) is 11.8 Å². The number of benzene rings is 1. The highest BCUT2D eigenvalue weighted by molar-refractivity contribution is 7.99. The van der Waals surface area contributed by atoms with E-state index < -0.39 is 0 Å². The Balaban J connectivity index is 1.14. The lowest BCUT2D eigenvalue weighted by Gasteiger charge is -2.16. The van der Waals surface area contributed by atoms with Crippen molar-refractivity contribution in [3.63, 3.8) is 0 Å². The lowest BCUT2D eigenvalue weighted by atomic mass is 10.2. The van der Waals surface area contributed by atoms with Crippen molar-refractivity contribution in [3.05, 3.63) is 53.4 Å². The summed E-state index contributed by atoms with van der Waals surface area (Å²) in [5.41, 5.74) is 1.32. The first kappa shape index (κ1) is 19.8. The van der Waals surface area contributed by atoms with E-state index in [1.165, 1.54) is 17.3 Å². The van der Waals surface area contributed by atoms with Gasteiger partial charge in [-0.05, 0) is 36.3 Å². The molecule has 1 N–H and O–H groups in total. The number of likely N-dealkylation sites (tertiary alicyclic amines) is 1. The zero-order valence-electron chi connectivity index (χ0n) is 16.7. The number of rotatable bonds is 8. The van der Waals surface area contributed by atoms with Crippen LogP contribution in [0.2, 0.25) is 0 Å². The smallest absolute Gasteiger partial charge is 0.230 e. The van der Waals surface area contributed by atoms with Crippen LogP contribution >= 0.6 is 23.1 Å². The SMILES string of the molecule is O=C(CSc1nnc(-c2cccs2)n1C1CC1)NC1CCN(Cc2ccccc2)C1. The molecule has 1 amide bonds. The molecule has 0 radical (unpaired) electrons. The Morgan fingerprint density at radius 3 is 2.77 bits per heavy atom. The molecule has 1 saturated carbocycles. The van der Waals surface area contributed by atoms with Crippen LogP contribution in [0.15, 0.2) is 53.0 Å². The maximum absolute atomic E-state index is 12.6. The van der Waals surface area contributed by atoms with Gasteiger partial charge in [0.1, 0.15) is 0 Å². The van der Waals surface area contributed by atoms with Crippen molar-refractivity contribution in [1.29, 1.82) is 0 Å². The summed E-state index contributed by atoms with van der Waals surface area (Å²) in [7, 11) is 0. The van der Waals surface area contributed by atoms with E-state index in [-0.39, 0.29) is 11.9 Å². The Bertz CT molecular complexity index is 984. The van der Waals surface area contributed by atoms with E-state index in [1.54, 1.807) is 11.3 Å². The van der Waals surface area contributed by atoms with Gasteiger partial charge in [-0.3, -0.25) is 14.3 Å². The van der Waals surface area contributed by atoms with Crippen LogP contribution in [0.5, 0.6) is 0 Å². The molecule has 1 saturated heterocycles. The third-order valence-corrected chi connectivity index (χ3v) is 7.35. The summed E-state index contributed by atoms with van der Waals surface area (Å²) < 4.78 is 2.22. The first-order chi connectivity index (χ1) is 14.8. The molecule has 1 unspecified atom stereocenters. The Labute approximate surface area is 184 Å². The number of hydrogen-bond acceptors (Lipinski definition) is 6. The first-order valence-electron chi connectivity index (χ1n) is 10.4. The summed E-state index contributed by atoms with van der Waals surface area (Å²) in [6.07, 6.45) is 3.33. The van der Waals surface area contributed by atoms with Crippen LogP contribution in [0.1, 0.15) is 30.9 Å². The van der Waals surface area contributed by atoms with Crippen molar-refractivity contribution in [2.75, 3.05) is 18.8 Å². The normalized spacial score (nSPS) is 19.3. The topological polar surface area (TPSA) is 63.1 Å². The van der Waals surface area contributed by atoms with Crippen LogP contribution in [0.4, 0.5) is 0 Å². The van der Waals surface area contributed by atoms with Crippen LogP contribution in [0, 0.1) is 0 Å². The minimum atomic E-state index is 0.0783. The lowest BCUT2D eigenvalue weighted by Crippen LogP contribution is -2.38. The molecule has 8 heteroatoms. The summed E-state index contributed by atoms with van der Waals surface area (Å²) in [5, 5.41) is 14.9. The molecule has 1 atom stereocenters. The monoisotopic (exact) mass is 439 g/mol. The molecule has 6 nitrogen and oxygen atoms in total. The number of hydrogen-bond donors (Lipinski definition) is 1. The predicted molar refractivity (Wildman–Crippen MR) is 121 cm³/mol. The third kappa shape index (κ3) is 4.61. The number of nitrogens with zero attached hydrogens (tertiary/aromatic N) is 4. The molecule has 30 heavy (non-hydrogen) atoms. The highest BCUT2D eigenvalue weighted by Crippen LogP contribution is 2.41. The average molecular weight is 440 g/mol. The van der Waals surface area contributed by atoms with Crippen molar-refractivity contribution in [3.8, 4) is 10.7 Å². The number of amides is 1. The molecular weight excluding hydrogens is 414 g/mol. The summed E-state index contributed by atoms with van der Waals surface area (Å²) in [6.45, 7) is 2.87. The van der Waals surface area contributed by atoms with Crippen LogP contribution in [0.3, 0.4) is 0 Å². The molecule has 2 fully saturated rings. The molecule has 2 aliphatic rings. The van der Waals surface area contributed by atoms with E-state index in [0.717, 1.165) is 54.8 Å². The van der Waals surface area contributed by atoms with Crippen molar-refractivity contribution in [2.24, 2.45) is 0 Å². The Kier molecular flexibility index (Phi) is 5.88. The van der Waals surface area contributed by atoms with Crippen molar-refractivity contribution >= 4 is 29.0 Å². The van der Waals surface area contributed by atoms with Gasteiger partial charge in [-0.2, -0.15) is 0 Å². The molecule has 1 aromatic carbocycles. The van der Waals surface area contributed by atoms with Crippen LogP contribution in [0.25, 0.3) is 10.7 Å². The van der Waals surface area contributed by atoms with E-state index in [2.05, 4.69) is 60.7 Å². The van der Waals surface area contributed by atoms with Gasteiger partial charge in [0.15, 0.2) is 11.0 Å². The Morgan fingerprint density at radius 1 is 1.13 bits per heavy atom. The molecule has 5 rings (SSSR count). The number of thiophene rings is 1. The molecule has 2 aromatic heterocycles. The van der Waals surface area contributed by atoms with Gasteiger partial charge < -0.3 is 5.32 Å². The lowest BCUT2D eigenvalue weighted by molar-refractivity contribution is -0.119. The van der Waals surface area contributed by atoms with E-state index in [1.807, 2.05) is 12.1 Å². The van der Waals surface area contributed by atoms with Gasteiger partial charge in [-0.1, -0.05) is 48.2 Å². The summed E-state index contributed by atoms with van der Waals surface area (Å²) in [5.74, 6) is 1.39. The molecule has 3 heterocycles. The number of nitrogens with one attached hydrogen (secondary N) is 1. The van der Waals surface area contributed by atoms with Gasteiger partial charge in [0, 0.05) is 31.7 Å². The van der Waals surface area contributed by atoms with Crippen molar-refractivity contribution in [1.82, 2.24) is 25.0 Å². The van der Waals surface area contributed by atoms with E-state index in [9.17, 15) is 4.79 Å². The van der Waals surface area contributed by atoms with Gasteiger partial charge in [0.05, 0.1) is 10.6 Å². The zero-order valence-corrected chi connectivity index (χ0v) is 18.4. The van der Waals surface area contributed by atoms with E-state index in [4.69, 9.17) is 0 Å². The predicted octanol–water partition coefficient (Wildman–Crippen LogP) is 3.82. The second-order valence-corrected chi connectivity index (χ2v) is 9.84. The fourth-order valence-electron chi connectivity index (χ4n) is 3.95. The number of aromatic nitrogens is 3. The zero-order chi connectivity index (χ0) is 20.3. The maximum Gasteiger partial charge on any atom is 0.230 e. The van der Waals surface area contributed by atoms with Gasteiger partial charge >= 0.3 is 0 Å². The fourth-order valence-corrected chi connectivity index (χ4v) is 5.47. The van der Waals surface area contributed by atoms with Crippen LogP contribution in [-0.2, 0) is 11.3 Å². The van der Waals surface area contributed by atoms with Gasteiger partial charge in [-0.25, -0.2) is 0 Å². The van der Waals surface area contributed by atoms with Gasteiger partial charge in [-0.15, -0.1) is 21.5 Å². The molecule has 0 bridgehead atoms. The van der Waals surface area contributed by atoms with Crippen LogP contribution in [-0.4, -0.2) is 50.5 Å². The second kappa shape index (κ2) is 8.91. The van der Waals surface area contributed by atoms with E-state index >= 15 is 0 Å². The summed E-state index contributed by atoms with van der Waals surface area (Å²) >= 11 is 3.18. The Hall–Kier alpha value is -2.16. The number of carbonyl (C=O) groups is 1. The molecule has 3 aromatic rings. The van der Waals surface area contributed by atoms with Crippen LogP contribution < -0.4 is 5.32 Å². The maximum atomic E-state index is 12.6. The molecular formula is C22H25N5OS2. The quantitative estimate of drug-likeness (QED) is 0.541. The van der Waals surface area contributed by atoms with Crippen molar-refractivity contribution in [2.45, 2.75) is 43.0 Å². The second-order valence-electron chi connectivity index (χ2n) is 7.95. The summed E-state index contributed by atoms with van der Waals surface area (Å²) in [6, 6.07) is 15.3. The molecule has 156 valence electrons. The standard InChI is InChI=1S/C22H25N5OS2/c28-20(23-17-10-11-26(14-17)13-16-5-2-1-3-6-16)15-30-22-25-24-21(19-7-4-12-29-19)27(22)18-8-9-18/h1-7,12,17-18H,8-11,13-15H2,(H,23,28). The molecule has 1 aliphatic carbocycles. The molecule has 1 aliphatic heterocycles. The minimum absolute atomic E-state index is 0.0783. The molecule has 0 spiro atoms. The highest BCUT2D eigenvalue weighted by atomic mass is 32.2. The number of thioether (sulfide) groups is 1. The third-order valence-electron chi connectivity index (χ3n) is 5.54. The largest absolute Gasteiger partial charge is 0.351 e. The Morgan fingerprint density at radius 2 is 2.00 bits per heavy atom. The first-order valence-corrected chi connectivity index (χ1v) is 12.3. The highest BCUT2D eigenvalue weighted by Gasteiger charge is 2.31. The van der Waals surface area contributed by atoms with Gasteiger partial charge in [0.25, 0.3) is 0 Å². The minimum Gasteiger partial charge on any atom is -0.351 e. The summed E-state index contributed by atoms with van der Waals surface area (Å²) in [4.78, 5) is 16.1.